The summed E-state index contributed by atoms with van der Waals surface area (Å²) in [5, 5.41) is 6.44. The fourth-order valence-electron chi connectivity index (χ4n) is 3.18. The monoisotopic (exact) mass is 404 g/mol. The van der Waals surface area contributed by atoms with Crippen LogP contribution < -0.4 is 15.4 Å². The predicted molar refractivity (Wildman–Crippen MR) is 108 cm³/mol. The Morgan fingerprint density at radius 1 is 1.14 bits per heavy atom. The number of aliphatic imine (C=N–C) groups is 1. The van der Waals surface area contributed by atoms with Gasteiger partial charge in [-0.25, -0.2) is 17.5 Å². The summed E-state index contributed by atoms with van der Waals surface area (Å²) in [6.45, 7) is 1.00. The minimum atomic E-state index is -3.48. The van der Waals surface area contributed by atoms with Gasteiger partial charge in [-0.2, -0.15) is 0 Å². The minimum absolute atomic E-state index is 0.174. The van der Waals surface area contributed by atoms with Gasteiger partial charge in [0.1, 0.15) is 5.82 Å². The molecule has 0 spiro atoms. The van der Waals surface area contributed by atoms with Crippen LogP contribution in [0.5, 0.6) is 0 Å². The van der Waals surface area contributed by atoms with Crippen LogP contribution in [0, 0.1) is 5.82 Å². The molecule has 2 aromatic rings. The molecule has 0 heterocycles. The highest BCUT2D eigenvalue weighted by Gasteiger charge is 2.45. The lowest BCUT2D eigenvalue weighted by Gasteiger charge is -2.19. The van der Waals surface area contributed by atoms with Crippen molar-refractivity contribution in [2.45, 2.75) is 29.7 Å². The fourth-order valence-corrected chi connectivity index (χ4v) is 3.98. The average Bonchev–Trinajstić information content (AvgIpc) is 3.49. The molecule has 1 aliphatic rings. The summed E-state index contributed by atoms with van der Waals surface area (Å²) < 4.78 is 40.3. The van der Waals surface area contributed by atoms with Gasteiger partial charge >= 0.3 is 0 Å². The van der Waals surface area contributed by atoms with E-state index in [4.69, 9.17) is 0 Å². The number of guanidine groups is 1. The first-order chi connectivity index (χ1) is 13.4. The summed E-state index contributed by atoms with van der Waals surface area (Å²) in [5.74, 6) is 0.414. The van der Waals surface area contributed by atoms with Gasteiger partial charge in [-0.3, -0.25) is 4.99 Å². The van der Waals surface area contributed by atoms with E-state index in [0.29, 0.717) is 19.0 Å². The first kappa shape index (κ1) is 20.3. The molecule has 0 aliphatic heterocycles. The SMILES string of the molecule is CN=C(NCc1cccc(S(=O)(=O)NC)c1)NCC1(c2ccccc2F)CC1. The largest absolute Gasteiger partial charge is 0.356 e. The molecule has 0 unspecified atom stereocenters. The van der Waals surface area contributed by atoms with Crippen molar-refractivity contribution in [1.82, 2.24) is 15.4 Å². The average molecular weight is 405 g/mol. The second-order valence-corrected chi connectivity index (χ2v) is 8.78. The lowest BCUT2D eigenvalue weighted by atomic mass is 9.95. The van der Waals surface area contributed by atoms with E-state index in [1.54, 1.807) is 31.3 Å². The highest BCUT2D eigenvalue weighted by atomic mass is 32.2. The van der Waals surface area contributed by atoms with Gasteiger partial charge in [0.2, 0.25) is 10.0 Å². The number of sulfonamides is 1. The summed E-state index contributed by atoms with van der Waals surface area (Å²) in [6.07, 6.45) is 1.86. The van der Waals surface area contributed by atoms with Gasteiger partial charge in [0.05, 0.1) is 4.90 Å². The van der Waals surface area contributed by atoms with Crippen LogP contribution in [-0.2, 0) is 22.0 Å². The van der Waals surface area contributed by atoms with Crippen molar-refractivity contribution < 1.29 is 12.8 Å². The van der Waals surface area contributed by atoms with Crippen molar-refractivity contribution in [1.29, 1.82) is 0 Å². The third-order valence-corrected chi connectivity index (χ3v) is 6.47. The molecule has 1 fully saturated rings. The molecule has 0 aromatic heterocycles. The first-order valence-electron chi connectivity index (χ1n) is 9.12. The van der Waals surface area contributed by atoms with Crippen LogP contribution in [0.4, 0.5) is 4.39 Å². The van der Waals surface area contributed by atoms with Gasteiger partial charge in [0.15, 0.2) is 5.96 Å². The van der Waals surface area contributed by atoms with E-state index >= 15 is 0 Å². The Morgan fingerprint density at radius 3 is 2.54 bits per heavy atom. The molecule has 28 heavy (non-hydrogen) atoms. The van der Waals surface area contributed by atoms with Crippen LogP contribution in [0.1, 0.15) is 24.0 Å². The zero-order chi connectivity index (χ0) is 20.2. The van der Waals surface area contributed by atoms with E-state index in [9.17, 15) is 12.8 Å². The van der Waals surface area contributed by atoms with Gasteiger partial charge < -0.3 is 10.6 Å². The summed E-state index contributed by atoms with van der Waals surface area (Å²) in [4.78, 5) is 4.42. The molecular formula is C20H25FN4O2S. The highest BCUT2D eigenvalue weighted by molar-refractivity contribution is 7.89. The molecule has 3 N–H and O–H groups in total. The molecule has 2 aromatic carbocycles. The lowest BCUT2D eigenvalue weighted by Crippen LogP contribution is -2.41. The number of hydrogen-bond acceptors (Lipinski definition) is 3. The molecule has 0 amide bonds. The van der Waals surface area contributed by atoms with Gasteiger partial charge in [0.25, 0.3) is 0 Å². The molecule has 3 rings (SSSR count). The first-order valence-corrected chi connectivity index (χ1v) is 10.6. The second-order valence-electron chi connectivity index (χ2n) is 6.89. The zero-order valence-electron chi connectivity index (χ0n) is 16.0. The van der Waals surface area contributed by atoms with Crippen LogP contribution >= 0.6 is 0 Å². The Balaban J connectivity index is 1.61. The van der Waals surface area contributed by atoms with Gasteiger partial charge in [-0.15, -0.1) is 0 Å². The van der Waals surface area contributed by atoms with Crippen molar-refractivity contribution in [3.8, 4) is 0 Å². The maximum Gasteiger partial charge on any atom is 0.240 e. The van der Waals surface area contributed by atoms with Gasteiger partial charge in [-0.05, 0) is 49.2 Å². The zero-order valence-corrected chi connectivity index (χ0v) is 16.8. The Bertz CT molecular complexity index is 972. The van der Waals surface area contributed by atoms with Gasteiger partial charge in [0, 0.05) is 25.6 Å². The Morgan fingerprint density at radius 2 is 1.89 bits per heavy atom. The normalized spacial score (nSPS) is 15.9. The highest BCUT2D eigenvalue weighted by Crippen LogP contribution is 2.48. The second kappa shape index (κ2) is 8.28. The smallest absolute Gasteiger partial charge is 0.240 e. The van der Waals surface area contributed by atoms with E-state index in [1.807, 2.05) is 18.2 Å². The minimum Gasteiger partial charge on any atom is -0.356 e. The Labute approximate surface area is 165 Å². The molecule has 0 bridgehead atoms. The molecule has 1 saturated carbocycles. The predicted octanol–water partition coefficient (Wildman–Crippen LogP) is 2.13. The van der Waals surface area contributed by atoms with Crippen molar-refractivity contribution in [2.24, 2.45) is 4.99 Å². The molecular weight excluding hydrogens is 379 g/mol. The maximum atomic E-state index is 14.1. The number of halogens is 1. The van der Waals surface area contributed by atoms with Crippen molar-refractivity contribution in [3.63, 3.8) is 0 Å². The Kier molecular flexibility index (Phi) is 6.00. The van der Waals surface area contributed by atoms with E-state index < -0.39 is 10.0 Å². The van der Waals surface area contributed by atoms with E-state index in [0.717, 1.165) is 24.0 Å². The number of nitrogens with one attached hydrogen (secondary N) is 3. The van der Waals surface area contributed by atoms with Crippen LogP contribution in [0.2, 0.25) is 0 Å². The summed E-state index contributed by atoms with van der Waals surface area (Å²) in [6, 6.07) is 13.6. The number of nitrogens with zero attached hydrogens (tertiary/aromatic N) is 1. The van der Waals surface area contributed by atoms with Crippen LogP contribution in [0.15, 0.2) is 58.4 Å². The number of benzene rings is 2. The van der Waals surface area contributed by atoms with Crippen molar-refractivity contribution in [2.75, 3.05) is 20.6 Å². The summed E-state index contributed by atoms with van der Waals surface area (Å²) >= 11 is 0. The van der Waals surface area contributed by atoms with Crippen molar-refractivity contribution >= 4 is 16.0 Å². The van der Waals surface area contributed by atoms with Crippen LogP contribution in [-0.4, -0.2) is 35.0 Å². The third-order valence-electron chi connectivity index (χ3n) is 5.05. The Hall–Kier alpha value is -2.45. The fraction of sp³-hybridized carbons (Fsp3) is 0.350. The van der Waals surface area contributed by atoms with Crippen LogP contribution in [0.3, 0.4) is 0 Å². The standard InChI is InChI=1S/C20H25FN4O2S/c1-22-19(24-13-15-6-5-7-16(12-15)28(26,27)23-2)25-14-20(10-11-20)17-8-3-4-9-18(17)21/h3-9,12,23H,10-11,13-14H2,1-2H3,(H2,22,24,25). The quantitative estimate of drug-likeness (QED) is 0.488. The number of hydrogen-bond donors (Lipinski definition) is 3. The topological polar surface area (TPSA) is 82.6 Å². The molecule has 1 aliphatic carbocycles. The number of rotatable bonds is 7. The molecule has 0 saturated heterocycles. The summed E-state index contributed by atoms with van der Waals surface area (Å²) in [7, 11) is -0.429. The third kappa shape index (κ3) is 4.51. The maximum absolute atomic E-state index is 14.1. The molecule has 150 valence electrons. The van der Waals surface area contributed by atoms with E-state index in [1.165, 1.54) is 13.1 Å². The molecule has 8 heteroatoms. The molecule has 0 atom stereocenters. The summed E-state index contributed by atoms with van der Waals surface area (Å²) in [5.41, 5.74) is 1.36. The lowest BCUT2D eigenvalue weighted by molar-refractivity contribution is 0.559. The van der Waals surface area contributed by atoms with Crippen molar-refractivity contribution in [3.05, 3.63) is 65.5 Å². The van der Waals surface area contributed by atoms with Gasteiger partial charge in [-0.1, -0.05) is 30.3 Å². The molecule has 6 nitrogen and oxygen atoms in total. The van der Waals surface area contributed by atoms with E-state index in [-0.39, 0.29) is 16.1 Å². The molecule has 0 radical (unpaired) electrons. The van der Waals surface area contributed by atoms with Crippen LogP contribution in [0.25, 0.3) is 0 Å². The van der Waals surface area contributed by atoms with E-state index in [2.05, 4.69) is 20.3 Å².